The maximum atomic E-state index is 12.4. The number of piperazine rings is 1. The molecule has 1 aromatic carbocycles. The van der Waals surface area contributed by atoms with Crippen molar-refractivity contribution >= 4 is 10.2 Å². The number of nitrogens with zero attached hydrogens (tertiary/aromatic N) is 3. The molecule has 0 aromatic heterocycles. The zero-order valence-electron chi connectivity index (χ0n) is 14.6. The third kappa shape index (κ3) is 3.50. The fraction of sp³-hybridized carbons (Fsp3) is 0.647. The highest BCUT2D eigenvalue weighted by molar-refractivity contribution is 7.86. The van der Waals surface area contributed by atoms with E-state index in [-0.39, 0.29) is 5.54 Å². The molecule has 1 spiro atoms. The lowest BCUT2D eigenvalue weighted by Crippen LogP contribution is -2.65. The Morgan fingerprint density at radius 3 is 2.42 bits per heavy atom. The van der Waals surface area contributed by atoms with E-state index >= 15 is 0 Å². The van der Waals surface area contributed by atoms with E-state index < -0.39 is 10.2 Å². The molecule has 6 nitrogen and oxygen atoms in total. The van der Waals surface area contributed by atoms with Crippen LogP contribution in [0.4, 0.5) is 0 Å². The van der Waals surface area contributed by atoms with Crippen molar-refractivity contribution in [3.63, 3.8) is 0 Å². The van der Waals surface area contributed by atoms with Crippen LogP contribution >= 0.6 is 0 Å². The van der Waals surface area contributed by atoms with E-state index in [0.717, 1.165) is 39.0 Å². The van der Waals surface area contributed by atoms with E-state index in [2.05, 4.69) is 34.5 Å². The number of benzene rings is 1. The Morgan fingerprint density at radius 2 is 1.79 bits per heavy atom. The zero-order valence-corrected chi connectivity index (χ0v) is 15.4. The van der Waals surface area contributed by atoms with Crippen molar-refractivity contribution < 1.29 is 8.42 Å². The first-order chi connectivity index (χ1) is 11.4. The van der Waals surface area contributed by atoms with E-state index in [0.29, 0.717) is 13.1 Å². The van der Waals surface area contributed by atoms with Gasteiger partial charge in [-0.3, -0.25) is 4.90 Å². The summed E-state index contributed by atoms with van der Waals surface area (Å²) in [6, 6.07) is 10.5. The van der Waals surface area contributed by atoms with Gasteiger partial charge in [0.15, 0.2) is 0 Å². The van der Waals surface area contributed by atoms with Crippen LogP contribution < -0.4 is 5.32 Å². The van der Waals surface area contributed by atoms with Crippen LogP contribution in [0.2, 0.25) is 0 Å². The van der Waals surface area contributed by atoms with Crippen LogP contribution in [-0.2, 0) is 16.8 Å². The predicted octanol–water partition coefficient (Wildman–Crippen LogP) is 0.733. The molecule has 134 valence electrons. The van der Waals surface area contributed by atoms with Crippen molar-refractivity contribution in [1.82, 2.24) is 18.8 Å². The van der Waals surface area contributed by atoms with Gasteiger partial charge in [-0.1, -0.05) is 30.3 Å². The molecule has 1 aromatic rings. The Labute approximate surface area is 145 Å². The van der Waals surface area contributed by atoms with Gasteiger partial charge >= 0.3 is 0 Å². The van der Waals surface area contributed by atoms with Crippen LogP contribution in [0.25, 0.3) is 0 Å². The van der Waals surface area contributed by atoms with Crippen molar-refractivity contribution in [2.45, 2.75) is 24.9 Å². The van der Waals surface area contributed by atoms with Gasteiger partial charge in [-0.05, 0) is 18.4 Å². The first-order valence-corrected chi connectivity index (χ1v) is 10.0. The number of rotatable bonds is 4. The Bertz CT molecular complexity index is 640. The van der Waals surface area contributed by atoms with Gasteiger partial charge in [0.1, 0.15) is 0 Å². The summed E-state index contributed by atoms with van der Waals surface area (Å²) in [5.41, 5.74) is 1.38. The van der Waals surface area contributed by atoms with Gasteiger partial charge in [-0.25, -0.2) is 0 Å². The maximum Gasteiger partial charge on any atom is 0.281 e. The molecule has 2 saturated heterocycles. The van der Waals surface area contributed by atoms with E-state index in [1.165, 1.54) is 9.87 Å². The summed E-state index contributed by atoms with van der Waals surface area (Å²) in [7, 11) is -0.102. The van der Waals surface area contributed by atoms with Crippen LogP contribution in [-0.4, -0.2) is 74.3 Å². The molecule has 0 aliphatic carbocycles. The van der Waals surface area contributed by atoms with Gasteiger partial charge in [0, 0.05) is 58.9 Å². The lowest BCUT2D eigenvalue weighted by molar-refractivity contribution is 0.0119. The lowest BCUT2D eigenvalue weighted by Gasteiger charge is -2.51. The van der Waals surface area contributed by atoms with Crippen molar-refractivity contribution in [3.8, 4) is 0 Å². The average molecular weight is 353 g/mol. The fourth-order valence-corrected chi connectivity index (χ4v) is 4.90. The van der Waals surface area contributed by atoms with Crippen LogP contribution in [0.5, 0.6) is 0 Å². The highest BCUT2D eigenvalue weighted by atomic mass is 32.2. The van der Waals surface area contributed by atoms with Crippen LogP contribution in [0.3, 0.4) is 0 Å². The van der Waals surface area contributed by atoms with Crippen molar-refractivity contribution in [2.24, 2.45) is 0 Å². The molecule has 7 heteroatoms. The number of nitrogens with one attached hydrogen (secondary N) is 1. The van der Waals surface area contributed by atoms with E-state index in [1.807, 2.05) is 6.07 Å². The van der Waals surface area contributed by atoms with E-state index in [9.17, 15) is 8.42 Å². The normalized spacial score (nSPS) is 23.0. The molecule has 0 atom stereocenters. The molecule has 0 bridgehead atoms. The molecule has 2 aliphatic heterocycles. The molecule has 24 heavy (non-hydrogen) atoms. The Balaban J connectivity index is 1.72. The Hall–Kier alpha value is -0.990. The summed E-state index contributed by atoms with van der Waals surface area (Å²) in [6.07, 6.45) is 1.75. The van der Waals surface area contributed by atoms with Crippen molar-refractivity contribution in [3.05, 3.63) is 35.9 Å². The minimum atomic E-state index is -3.30. The molecule has 2 aliphatic rings. The van der Waals surface area contributed by atoms with Gasteiger partial charge in [0.05, 0.1) is 0 Å². The van der Waals surface area contributed by atoms with Gasteiger partial charge in [0.25, 0.3) is 10.2 Å². The molecule has 2 heterocycles. The SMILES string of the molecule is CN(C)S(=O)(=O)N1CCC2(CC1)CNCCN2Cc1ccccc1. The monoisotopic (exact) mass is 352 g/mol. The predicted molar refractivity (Wildman–Crippen MR) is 95.9 cm³/mol. The average Bonchev–Trinajstić information content (AvgIpc) is 2.58. The third-order valence-corrected chi connectivity index (χ3v) is 7.28. The van der Waals surface area contributed by atoms with Crippen molar-refractivity contribution in [2.75, 3.05) is 46.8 Å². The molecular formula is C17H28N4O2S. The Morgan fingerprint density at radius 1 is 1.12 bits per heavy atom. The summed E-state index contributed by atoms with van der Waals surface area (Å²) in [5, 5.41) is 3.52. The minimum Gasteiger partial charge on any atom is -0.314 e. The second kappa shape index (κ2) is 7.09. The highest BCUT2D eigenvalue weighted by Gasteiger charge is 2.43. The second-order valence-electron chi connectivity index (χ2n) is 7.00. The second-order valence-corrected chi connectivity index (χ2v) is 9.14. The smallest absolute Gasteiger partial charge is 0.281 e. The van der Waals surface area contributed by atoms with Crippen LogP contribution in [0, 0.1) is 0 Å². The van der Waals surface area contributed by atoms with Gasteiger partial charge in [0.2, 0.25) is 0 Å². The van der Waals surface area contributed by atoms with Crippen LogP contribution in [0.1, 0.15) is 18.4 Å². The van der Waals surface area contributed by atoms with Gasteiger partial charge in [-0.15, -0.1) is 0 Å². The van der Waals surface area contributed by atoms with Crippen LogP contribution in [0.15, 0.2) is 30.3 Å². The largest absolute Gasteiger partial charge is 0.314 e. The van der Waals surface area contributed by atoms with E-state index in [1.54, 1.807) is 18.4 Å². The zero-order chi connectivity index (χ0) is 17.2. The lowest BCUT2D eigenvalue weighted by atomic mass is 9.84. The molecule has 0 amide bonds. The molecule has 2 fully saturated rings. The van der Waals surface area contributed by atoms with Gasteiger partial charge in [-0.2, -0.15) is 17.0 Å². The minimum absolute atomic E-state index is 0.0619. The van der Waals surface area contributed by atoms with E-state index in [4.69, 9.17) is 0 Å². The summed E-state index contributed by atoms with van der Waals surface area (Å²) in [4.78, 5) is 2.55. The summed E-state index contributed by atoms with van der Waals surface area (Å²) in [5.74, 6) is 0. The summed E-state index contributed by atoms with van der Waals surface area (Å²) >= 11 is 0. The third-order valence-electron chi connectivity index (χ3n) is 5.34. The first kappa shape index (κ1) is 17.8. The molecule has 1 N–H and O–H groups in total. The molecular weight excluding hydrogens is 324 g/mol. The highest BCUT2D eigenvalue weighted by Crippen LogP contribution is 2.32. The maximum absolute atomic E-state index is 12.4. The van der Waals surface area contributed by atoms with Crippen molar-refractivity contribution in [1.29, 1.82) is 0 Å². The summed E-state index contributed by atoms with van der Waals surface area (Å²) in [6.45, 7) is 5.06. The molecule has 3 rings (SSSR count). The molecule has 0 unspecified atom stereocenters. The topological polar surface area (TPSA) is 55.9 Å². The number of hydrogen-bond donors (Lipinski definition) is 1. The fourth-order valence-electron chi connectivity index (χ4n) is 3.79. The first-order valence-electron chi connectivity index (χ1n) is 8.61. The molecule has 0 saturated carbocycles. The summed E-state index contributed by atoms with van der Waals surface area (Å²) < 4.78 is 27.6. The quantitative estimate of drug-likeness (QED) is 0.868. The standard InChI is InChI=1S/C17H28N4O2S/c1-19(2)24(22,23)21-11-8-17(9-12-21)15-18-10-13-20(17)14-16-6-4-3-5-7-16/h3-7,18H,8-15H2,1-2H3. The van der Waals surface area contributed by atoms with Gasteiger partial charge < -0.3 is 5.32 Å². The Kier molecular flexibility index (Phi) is 5.27. The molecule has 0 radical (unpaired) electrons. The number of hydrogen-bond acceptors (Lipinski definition) is 4. The number of piperidine rings is 1.